The van der Waals surface area contributed by atoms with E-state index in [4.69, 9.17) is 9.47 Å². The van der Waals surface area contributed by atoms with Gasteiger partial charge in [-0.3, -0.25) is 4.79 Å². The lowest BCUT2D eigenvalue weighted by atomic mass is 10.1. The number of carbonyl (C=O) groups is 1. The normalized spacial score (nSPS) is 10.4. The standard InChI is InChI=1S/C19H21IO3/c1-4-14-11-13(3)9-10-17(14)22-12-15-16(20)7-6-8-18(15)23-19(21)5-2/h6-11H,4-5,12H2,1-3H3. The quantitative estimate of drug-likeness (QED) is 0.370. The van der Waals surface area contributed by atoms with Gasteiger partial charge in [0.05, 0.1) is 0 Å². The van der Waals surface area contributed by atoms with Crippen LogP contribution in [-0.2, 0) is 17.8 Å². The largest absolute Gasteiger partial charge is 0.488 e. The molecule has 2 rings (SSSR count). The van der Waals surface area contributed by atoms with Gasteiger partial charge in [-0.15, -0.1) is 0 Å². The van der Waals surface area contributed by atoms with Crippen LogP contribution >= 0.6 is 22.6 Å². The van der Waals surface area contributed by atoms with E-state index in [0.717, 1.165) is 21.3 Å². The average molecular weight is 424 g/mol. The highest BCUT2D eigenvalue weighted by atomic mass is 127. The zero-order valence-electron chi connectivity index (χ0n) is 13.7. The van der Waals surface area contributed by atoms with E-state index in [9.17, 15) is 4.79 Å². The molecule has 0 aliphatic heterocycles. The summed E-state index contributed by atoms with van der Waals surface area (Å²) in [6.45, 7) is 6.35. The lowest BCUT2D eigenvalue weighted by Crippen LogP contribution is -2.10. The minimum Gasteiger partial charge on any atom is -0.488 e. The van der Waals surface area contributed by atoms with Crippen LogP contribution in [0.5, 0.6) is 11.5 Å². The number of benzene rings is 2. The van der Waals surface area contributed by atoms with Crippen molar-refractivity contribution in [3.05, 3.63) is 56.7 Å². The minimum absolute atomic E-state index is 0.238. The summed E-state index contributed by atoms with van der Waals surface area (Å²) in [4.78, 5) is 11.6. The summed E-state index contributed by atoms with van der Waals surface area (Å²) in [5, 5.41) is 0. The molecule has 0 N–H and O–H groups in total. The summed E-state index contributed by atoms with van der Waals surface area (Å²) >= 11 is 2.24. The molecule has 122 valence electrons. The molecule has 2 aromatic carbocycles. The van der Waals surface area contributed by atoms with E-state index < -0.39 is 0 Å². The molecular weight excluding hydrogens is 403 g/mol. The molecule has 0 amide bonds. The van der Waals surface area contributed by atoms with Crippen molar-refractivity contribution >= 4 is 28.6 Å². The van der Waals surface area contributed by atoms with E-state index in [1.165, 1.54) is 11.1 Å². The molecule has 0 heterocycles. The third-order valence-corrected chi connectivity index (χ3v) is 4.57. The third kappa shape index (κ3) is 4.70. The molecule has 0 aliphatic carbocycles. The monoisotopic (exact) mass is 424 g/mol. The topological polar surface area (TPSA) is 35.5 Å². The summed E-state index contributed by atoms with van der Waals surface area (Å²) < 4.78 is 12.4. The van der Waals surface area contributed by atoms with E-state index in [0.29, 0.717) is 18.8 Å². The molecule has 3 nitrogen and oxygen atoms in total. The Morgan fingerprint density at radius 2 is 1.91 bits per heavy atom. The second-order valence-corrected chi connectivity index (χ2v) is 6.46. The highest BCUT2D eigenvalue weighted by molar-refractivity contribution is 14.1. The van der Waals surface area contributed by atoms with Gasteiger partial charge in [0, 0.05) is 15.6 Å². The molecule has 0 saturated heterocycles. The molecule has 2 aromatic rings. The lowest BCUT2D eigenvalue weighted by Gasteiger charge is -2.15. The van der Waals surface area contributed by atoms with Gasteiger partial charge in [0.25, 0.3) is 0 Å². The Labute approximate surface area is 151 Å². The molecule has 0 spiro atoms. The van der Waals surface area contributed by atoms with Crippen LogP contribution in [0, 0.1) is 10.5 Å². The zero-order valence-corrected chi connectivity index (χ0v) is 15.8. The lowest BCUT2D eigenvalue weighted by molar-refractivity contribution is -0.134. The molecule has 0 fully saturated rings. The van der Waals surface area contributed by atoms with Crippen LogP contribution in [0.3, 0.4) is 0 Å². The second kappa shape index (κ2) is 8.34. The Morgan fingerprint density at radius 3 is 2.61 bits per heavy atom. The van der Waals surface area contributed by atoms with Crippen molar-refractivity contribution in [2.24, 2.45) is 0 Å². The van der Waals surface area contributed by atoms with Crippen molar-refractivity contribution in [1.82, 2.24) is 0 Å². The van der Waals surface area contributed by atoms with Crippen LogP contribution in [0.25, 0.3) is 0 Å². The Hall–Kier alpha value is -1.56. The maximum Gasteiger partial charge on any atom is 0.310 e. The van der Waals surface area contributed by atoms with E-state index >= 15 is 0 Å². The maximum absolute atomic E-state index is 11.6. The van der Waals surface area contributed by atoms with Gasteiger partial charge in [0.15, 0.2) is 0 Å². The highest BCUT2D eigenvalue weighted by Crippen LogP contribution is 2.28. The van der Waals surface area contributed by atoms with Crippen molar-refractivity contribution < 1.29 is 14.3 Å². The van der Waals surface area contributed by atoms with E-state index in [1.54, 1.807) is 6.92 Å². The summed E-state index contributed by atoms with van der Waals surface area (Å²) in [6, 6.07) is 11.9. The fourth-order valence-electron chi connectivity index (χ4n) is 2.24. The van der Waals surface area contributed by atoms with Crippen molar-refractivity contribution in [3.8, 4) is 11.5 Å². The van der Waals surface area contributed by atoms with Gasteiger partial charge in [-0.25, -0.2) is 0 Å². The first kappa shape index (κ1) is 17.8. The Kier molecular flexibility index (Phi) is 6.45. The zero-order chi connectivity index (χ0) is 16.8. The molecular formula is C19H21IO3. The van der Waals surface area contributed by atoms with Gasteiger partial charge in [0.2, 0.25) is 0 Å². The third-order valence-electron chi connectivity index (χ3n) is 3.56. The highest BCUT2D eigenvalue weighted by Gasteiger charge is 2.13. The predicted molar refractivity (Wildman–Crippen MR) is 100.0 cm³/mol. The summed E-state index contributed by atoms with van der Waals surface area (Å²) in [5.41, 5.74) is 3.31. The van der Waals surface area contributed by atoms with Crippen molar-refractivity contribution in [2.75, 3.05) is 0 Å². The number of esters is 1. The van der Waals surface area contributed by atoms with E-state index in [-0.39, 0.29) is 5.97 Å². The average Bonchev–Trinajstić information content (AvgIpc) is 2.55. The van der Waals surface area contributed by atoms with Gasteiger partial charge in [-0.1, -0.05) is 37.6 Å². The first-order chi connectivity index (χ1) is 11.0. The molecule has 0 atom stereocenters. The molecule has 0 saturated carbocycles. The number of rotatable bonds is 6. The van der Waals surface area contributed by atoms with Crippen molar-refractivity contribution in [1.29, 1.82) is 0 Å². The molecule has 0 unspecified atom stereocenters. The first-order valence-electron chi connectivity index (χ1n) is 7.75. The number of halogens is 1. The van der Waals surface area contributed by atoms with Crippen LogP contribution in [-0.4, -0.2) is 5.97 Å². The number of carbonyl (C=O) groups excluding carboxylic acids is 1. The molecule has 0 aliphatic rings. The van der Waals surface area contributed by atoms with Crippen LogP contribution in [0.15, 0.2) is 36.4 Å². The van der Waals surface area contributed by atoms with E-state index in [2.05, 4.69) is 42.5 Å². The SMILES string of the molecule is CCC(=O)Oc1cccc(I)c1COc1ccc(C)cc1CC. The number of ether oxygens (including phenoxy) is 2. The smallest absolute Gasteiger partial charge is 0.310 e. The second-order valence-electron chi connectivity index (χ2n) is 5.30. The Bertz CT molecular complexity index is 695. The molecule has 0 aromatic heterocycles. The predicted octanol–water partition coefficient (Wildman–Crippen LogP) is 5.06. The van der Waals surface area contributed by atoms with Crippen LogP contribution in [0.2, 0.25) is 0 Å². The van der Waals surface area contributed by atoms with Crippen molar-refractivity contribution in [2.45, 2.75) is 40.2 Å². The fraction of sp³-hybridized carbons (Fsp3) is 0.316. The summed E-state index contributed by atoms with van der Waals surface area (Å²) in [5.74, 6) is 1.22. The number of hydrogen-bond donors (Lipinski definition) is 0. The fourth-order valence-corrected chi connectivity index (χ4v) is 2.87. The maximum atomic E-state index is 11.6. The Balaban J connectivity index is 2.22. The van der Waals surface area contributed by atoms with Crippen LogP contribution < -0.4 is 9.47 Å². The number of aryl methyl sites for hydroxylation is 2. The van der Waals surface area contributed by atoms with Crippen LogP contribution in [0.4, 0.5) is 0 Å². The molecule has 0 bridgehead atoms. The number of hydrogen-bond acceptors (Lipinski definition) is 3. The summed E-state index contributed by atoms with van der Waals surface area (Å²) in [6.07, 6.45) is 1.27. The molecule has 4 heteroatoms. The van der Waals surface area contributed by atoms with Gasteiger partial charge in [-0.05, 0) is 59.7 Å². The van der Waals surface area contributed by atoms with Gasteiger partial charge >= 0.3 is 5.97 Å². The first-order valence-corrected chi connectivity index (χ1v) is 8.83. The summed E-state index contributed by atoms with van der Waals surface area (Å²) in [7, 11) is 0. The van der Waals surface area contributed by atoms with Gasteiger partial charge in [0.1, 0.15) is 18.1 Å². The van der Waals surface area contributed by atoms with Gasteiger partial charge in [-0.2, -0.15) is 0 Å². The van der Waals surface area contributed by atoms with E-state index in [1.807, 2.05) is 30.3 Å². The minimum atomic E-state index is -0.238. The van der Waals surface area contributed by atoms with Crippen LogP contribution in [0.1, 0.15) is 37.0 Å². The van der Waals surface area contributed by atoms with Crippen molar-refractivity contribution in [3.63, 3.8) is 0 Å². The Morgan fingerprint density at radius 1 is 1.13 bits per heavy atom. The molecule has 0 radical (unpaired) electrons. The van der Waals surface area contributed by atoms with Gasteiger partial charge < -0.3 is 9.47 Å². The molecule has 23 heavy (non-hydrogen) atoms.